The van der Waals surface area contributed by atoms with Crippen LogP contribution in [0.15, 0.2) is 18.3 Å². The summed E-state index contributed by atoms with van der Waals surface area (Å²) in [5, 5.41) is 11.1. The van der Waals surface area contributed by atoms with E-state index in [9.17, 15) is 0 Å². The minimum atomic E-state index is 0.715. The highest BCUT2D eigenvalue weighted by Crippen LogP contribution is 2.18. The van der Waals surface area contributed by atoms with E-state index in [1.165, 1.54) is 18.4 Å². The van der Waals surface area contributed by atoms with Crippen LogP contribution in [0.5, 0.6) is 0 Å². The standard InChI is InChI=1S/C13H19N5/c1-10-5-8-18-12(9-10)16-13(17-18)15-7-2-6-14-11-3-4-11/h5,8-9,11,14H,2-4,6-7H2,1H3,(H,15,17). The van der Waals surface area contributed by atoms with Crippen molar-refractivity contribution < 1.29 is 0 Å². The molecule has 0 atom stereocenters. The van der Waals surface area contributed by atoms with Gasteiger partial charge in [0.25, 0.3) is 0 Å². The lowest BCUT2D eigenvalue weighted by molar-refractivity contribution is 0.658. The summed E-state index contributed by atoms with van der Waals surface area (Å²) in [5.41, 5.74) is 2.10. The second-order valence-electron chi connectivity index (χ2n) is 4.95. The van der Waals surface area contributed by atoms with Gasteiger partial charge in [-0.3, -0.25) is 0 Å². The first-order chi connectivity index (χ1) is 8.81. The van der Waals surface area contributed by atoms with E-state index in [0.717, 1.165) is 31.2 Å². The van der Waals surface area contributed by atoms with Gasteiger partial charge in [-0.2, -0.15) is 4.98 Å². The third kappa shape index (κ3) is 2.79. The Morgan fingerprint density at radius 2 is 2.28 bits per heavy atom. The van der Waals surface area contributed by atoms with Crippen molar-refractivity contribution in [2.24, 2.45) is 0 Å². The summed E-state index contributed by atoms with van der Waals surface area (Å²) in [6.45, 7) is 4.05. The third-order valence-electron chi connectivity index (χ3n) is 3.14. The first-order valence-electron chi connectivity index (χ1n) is 6.61. The molecule has 0 aromatic carbocycles. The first kappa shape index (κ1) is 11.5. The predicted octanol–water partition coefficient (Wildman–Crippen LogP) is 1.59. The molecule has 0 spiro atoms. The molecular weight excluding hydrogens is 226 g/mol. The molecule has 2 N–H and O–H groups in total. The second-order valence-corrected chi connectivity index (χ2v) is 4.95. The maximum absolute atomic E-state index is 4.44. The van der Waals surface area contributed by atoms with Gasteiger partial charge < -0.3 is 10.6 Å². The number of nitrogens with zero attached hydrogens (tertiary/aromatic N) is 3. The van der Waals surface area contributed by atoms with Gasteiger partial charge >= 0.3 is 0 Å². The van der Waals surface area contributed by atoms with Crippen LogP contribution in [0, 0.1) is 6.92 Å². The molecule has 1 saturated carbocycles. The van der Waals surface area contributed by atoms with Gasteiger partial charge in [0.15, 0.2) is 5.65 Å². The van der Waals surface area contributed by atoms with Crippen LogP contribution in [0.4, 0.5) is 5.95 Å². The molecule has 1 aliphatic carbocycles. The van der Waals surface area contributed by atoms with Crippen molar-refractivity contribution in [3.05, 3.63) is 23.9 Å². The van der Waals surface area contributed by atoms with Crippen LogP contribution in [-0.2, 0) is 0 Å². The van der Waals surface area contributed by atoms with Crippen molar-refractivity contribution in [3.8, 4) is 0 Å². The van der Waals surface area contributed by atoms with Crippen LogP contribution in [0.25, 0.3) is 5.65 Å². The van der Waals surface area contributed by atoms with E-state index < -0.39 is 0 Å². The van der Waals surface area contributed by atoms with Crippen molar-refractivity contribution in [1.29, 1.82) is 0 Å². The lowest BCUT2D eigenvalue weighted by atomic mass is 10.3. The quantitative estimate of drug-likeness (QED) is 0.759. The monoisotopic (exact) mass is 245 g/mol. The summed E-state index contributed by atoms with van der Waals surface area (Å²) in [5.74, 6) is 0.715. The highest BCUT2D eigenvalue weighted by Gasteiger charge is 2.19. The normalized spacial score (nSPS) is 15.2. The SMILES string of the molecule is Cc1ccn2nc(NCCCNC3CC3)nc2c1. The number of anilines is 1. The van der Waals surface area contributed by atoms with Crippen molar-refractivity contribution in [2.75, 3.05) is 18.4 Å². The molecule has 2 aromatic rings. The molecule has 18 heavy (non-hydrogen) atoms. The van der Waals surface area contributed by atoms with Crippen LogP contribution < -0.4 is 10.6 Å². The number of pyridine rings is 1. The van der Waals surface area contributed by atoms with Crippen LogP contribution in [0.1, 0.15) is 24.8 Å². The van der Waals surface area contributed by atoms with Crippen molar-refractivity contribution in [1.82, 2.24) is 19.9 Å². The average molecular weight is 245 g/mol. The van der Waals surface area contributed by atoms with Gasteiger partial charge in [0.1, 0.15) is 0 Å². The van der Waals surface area contributed by atoms with Gasteiger partial charge in [0.2, 0.25) is 5.95 Å². The molecular formula is C13H19N5. The fraction of sp³-hybridized carbons (Fsp3) is 0.538. The Hall–Kier alpha value is -1.62. The summed E-state index contributed by atoms with van der Waals surface area (Å²) >= 11 is 0. The van der Waals surface area contributed by atoms with Gasteiger partial charge in [-0.15, -0.1) is 5.10 Å². The van der Waals surface area contributed by atoms with Crippen LogP contribution in [-0.4, -0.2) is 33.7 Å². The molecule has 96 valence electrons. The molecule has 0 unspecified atom stereocenters. The molecule has 3 rings (SSSR count). The smallest absolute Gasteiger partial charge is 0.243 e. The number of hydrogen-bond acceptors (Lipinski definition) is 4. The van der Waals surface area contributed by atoms with E-state index in [4.69, 9.17) is 0 Å². The topological polar surface area (TPSA) is 54.2 Å². The summed E-state index contributed by atoms with van der Waals surface area (Å²) in [6.07, 6.45) is 5.74. The fourth-order valence-corrected chi connectivity index (χ4v) is 1.94. The van der Waals surface area contributed by atoms with Crippen LogP contribution in [0.3, 0.4) is 0 Å². The second kappa shape index (κ2) is 4.94. The molecule has 2 aromatic heterocycles. The molecule has 0 amide bonds. The van der Waals surface area contributed by atoms with Crippen LogP contribution >= 0.6 is 0 Å². The number of rotatable bonds is 6. The molecule has 0 bridgehead atoms. The number of hydrogen-bond donors (Lipinski definition) is 2. The number of aryl methyl sites for hydroxylation is 1. The Labute approximate surface area is 107 Å². The first-order valence-corrected chi connectivity index (χ1v) is 6.61. The van der Waals surface area contributed by atoms with E-state index in [1.807, 2.05) is 18.3 Å². The van der Waals surface area contributed by atoms with E-state index >= 15 is 0 Å². The lowest BCUT2D eigenvalue weighted by Gasteiger charge is -2.02. The number of nitrogens with one attached hydrogen (secondary N) is 2. The molecule has 0 radical (unpaired) electrons. The number of fused-ring (bicyclic) bond motifs is 1. The van der Waals surface area contributed by atoms with Gasteiger partial charge in [-0.25, -0.2) is 4.52 Å². The zero-order chi connectivity index (χ0) is 12.4. The molecule has 2 heterocycles. The summed E-state index contributed by atoms with van der Waals surface area (Å²) < 4.78 is 1.80. The summed E-state index contributed by atoms with van der Waals surface area (Å²) in [4.78, 5) is 4.44. The van der Waals surface area contributed by atoms with Crippen LogP contribution in [0.2, 0.25) is 0 Å². The van der Waals surface area contributed by atoms with E-state index in [0.29, 0.717) is 5.95 Å². The minimum absolute atomic E-state index is 0.715. The largest absolute Gasteiger partial charge is 0.353 e. The van der Waals surface area contributed by atoms with Gasteiger partial charge in [0, 0.05) is 18.8 Å². The molecule has 5 nitrogen and oxygen atoms in total. The molecule has 1 aliphatic rings. The third-order valence-corrected chi connectivity index (χ3v) is 3.14. The average Bonchev–Trinajstić information content (AvgIpc) is 3.08. The Morgan fingerprint density at radius 3 is 3.11 bits per heavy atom. The molecule has 0 saturated heterocycles. The van der Waals surface area contributed by atoms with Gasteiger partial charge in [-0.05, 0) is 50.4 Å². The van der Waals surface area contributed by atoms with Crippen molar-refractivity contribution in [2.45, 2.75) is 32.2 Å². The zero-order valence-corrected chi connectivity index (χ0v) is 10.7. The zero-order valence-electron chi connectivity index (χ0n) is 10.7. The maximum atomic E-state index is 4.44. The molecule has 1 fully saturated rings. The Bertz CT molecular complexity index is 529. The highest BCUT2D eigenvalue weighted by molar-refractivity contribution is 5.45. The lowest BCUT2D eigenvalue weighted by Crippen LogP contribution is -2.20. The van der Waals surface area contributed by atoms with Gasteiger partial charge in [-0.1, -0.05) is 0 Å². The Balaban J connectivity index is 1.50. The Kier molecular flexibility index (Phi) is 3.15. The number of aromatic nitrogens is 3. The van der Waals surface area contributed by atoms with E-state index in [1.54, 1.807) is 4.52 Å². The van der Waals surface area contributed by atoms with E-state index in [-0.39, 0.29) is 0 Å². The summed E-state index contributed by atoms with van der Waals surface area (Å²) in [6, 6.07) is 4.86. The highest BCUT2D eigenvalue weighted by atomic mass is 15.3. The fourth-order valence-electron chi connectivity index (χ4n) is 1.94. The Morgan fingerprint density at radius 1 is 1.39 bits per heavy atom. The van der Waals surface area contributed by atoms with Gasteiger partial charge in [0.05, 0.1) is 0 Å². The van der Waals surface area contributed by atoms with E-state index in [2.05, 4.69) is 27.6 Å². The molecule has 0 aliphatic heterocycles. The minimum Gasteiger partial charge on any atom is -0.353 e. The molecule has 5 heteroatoms. The predicted molar refractivity (Wildman–Crippen MR) is 71.9 cm³/mol. The van der Waals surface area contributed by atoms with Crippen molar-refractivity contribution >= 4 is 11.6 Å². The van der Waals surface area contributed by atoms with Crippen molar-refractivity contribution in [3.63, 3.8) is 0 Å². The summed E-state index contributed by atoms with van der Waals surface area (Å²) in [7, 11) is 0. The maximum Gasteiger partial charge on any atom is 0.243 e.